The first-order valence-electron chi connectivity index (χ1n) is 10.3. The van der Waals surface area contributed by atoms with Crippen LogP contribution in [0.2, 0.25) is 0 Å². The molecule has 0 saturated carbocycles. The molecule has 0 aliphatic carbocycles. The van der Waals surface area contributed by atoms with Crippen LogP contribution >= 0.6 is 35.3 Å². The number of rotatable bonds is 8. The highest BCUT2D eigenvalue weighted by atomic mass is 127. The fourth-order valence-corrected chi connectivity index (χ4v) is 4.01. The molecule has 0 spiro atoms. The highest BCUT2D eigenvalue weighted by Crippen LogP contribution is 2.11. The number of nitrogens with one attached hydrogen (secondary N) is 2. The number of thiophene rings is 1. The van der Waals surface area contributed by atoms with Crippen molar-refractivity contribution >= 4 is 41.3 Å². The molecule has 2 aromatic rings. The van der Waals surface area contributed by atoms with Gasteiger partial charge in [-0.15, -0.1) is 35.3 Å². The van der Waals surface area contributed by atoms with Crippen LogP contribution in [-0.4, -0.2) is 55.0 Å². The van der Waals surface area contributed by atoms with Gasteiger partial charge in [-0.2, -0.15) is 0 Å². The second-order valence-corrected chi connectivity index (χ2v) is 8.19. The van der Waals surface area contributed by atoms with Gasteiger partial charge in [-0.05, 0) is 36.0 Å². The zero-order chi connectivity index (χ0) is 19.6. The molecule has 0 radical (unpaired) electrons. The van der Waals surface area contributed by atoms with E-state index in [0.717, 1.165) is 25.6 Å². The normalized spacial score (nSPS) is 15.7. The molecule has 3 rings (SSSR count). The van der Waals surface area contributed by atoms with Crippen molar-refractivity contribution in [3.63, 3.8) is 0 Å². The molecule has 0 atom stereocenters. The molecule has 0 bridgehead atoms. The van der Waals surface area contributed by atoms with E-state index in [-0.39, 0.29) is 24.0 Å². The van der Waals surface area contributed by atoms with Crippen molar-refractivity contribution in [3.8, 4) is 0 Å². The Balaban J connectivity index is 0.00000300. The van der Waals surface area contributed by atoms with Gasteiger partial charge in [-0.1, -0.05) is 37.3 Å². The van der Waals surface area contributed by atoms with E-state index in [2.05, 4.69) is 76.1 Å². The molecular weight excluding hydrogens is 493 g/mol. The third-order valence-corrected chi connectivity index (χ3v) is 5.99. The number of hydrogen-bond donors (Lipinski definition) is 2. The molecule has 1 aliphatic rings. The summed E-state index contributed by atoms with van der Waals surface area (Å²) < 4.78 is 0. The fraction of sp³-hybridized carbons (Fsp3) is 0.500. The van der Waals surface area contributed by atoms with Crippen LogP contribution in [0.1, 0.15) is 29.9 Å². The molecule has 0 amide bonds. The number of nitrogens with zero attached hydrogens (tertiary/aromatic N) is 3. The average molecular weight is 528 g/mol. The number of likely N-dealkylation sites (N-methyl/N-ethyl adjacent to an activating group) is 1. The minimum atomic E-state index is 0. The predicted octanol–water partition coefficient (Wildman–Crippen LogP) is 3.76. The largest absolute Gasteiger partial charge is 0.357 e. The van der Waals surface area contributed by atoms with E-state index >= 15 is 0 Å². The zero-order valence-corrected chi connectivity index (χ0v) is 20.7. The third kappa shape index (κ3) is 8.24. The first-order valence-corrected chi connectivity index (χ1v) is 11.2. The van der Waals surface area contributed by atoms with Crippen LogP contribution < -0.4 is 10.6 Å². The summed E-state index contributed by atoms with van der Waals surface area (Å²) >= 11 is 1.76. The molecule has 160 valence electrons. The van der Waals surface area contributed by atoms with E-state index in [4.69, 9.17) is 4.99 Å². The number of halogens is 1. The lowest BCUT2D eigenvalue weighted by atomic mass is 10.1. The first-order chi connectivity index (χ1) is 13.8. The van der Waals surface area contributed by atoms with Gasteiger partial charge >= 0.3 is 0 Å². The van der Waals surface area contributed by atoms with E-state index in [1.54, 1.807) is 11.3 Å². The van der Waals surface area contributed by atoms with Gasteiger partial charge in [0.2, 0.25) is 0 Å². The Morgan fingerprint density at radius 2 is 1.66 bits per heavy atom. The van der Waals surface area contributed by atoms with Crippen LogP contribution in [-0.2, 0) is 19.6 Å². The van der Waals surface area contributed by atoms with Crippen molar-refractivity contribution in [1.29, 1.82) is 0 Å². The maximum atomic E-state index is 4.73. The van der Waals surface area contributed by atoms with Gasteiger partial charge in [0, 0.05) is 44.1 Å². The highest BCUT2D eigenvalue weighted by molar-refractivity contribution is 14.0. The van der Waals surface area contributed by atoms with Crippen molar-refractivity contribution in [2.45, 2.75) is 33.5 Å². The summed E-state index contributed by atoms with van der Waals surface area (Å²) in [5.74, 6) is 0.869. The Morgan fingerprint density at radius 3 is 2.28 bits per heavy atom. The number of guanidine groups is 1. The third-order valence-electron chi connectivity index (χ3n) is 5.12. The van der Waals surface area contributed by atoms with Crippen molar-refractivity contribution in [1.82, 2.24) is 20.4 Å². The maximum Gasteiger partial charge on any atom is 0.191 e. The molecule has 1 saturated heterocycles. The van der Waals surface area contributed by atoms with E-state index < -0.39 is 0 Å². The van der Waals surface area contributed by atoms with Gasteiger partial charge in [0.25, 0.3) is 0 Å². The summed E-state index contributed by atoms with van der Waals surface area (Å²) in [4.78, 5) is 11.1. The summed E-state index contributed by atoms with van der Waals surface area (Å²) in [6.45, 7) is 13.6. The van der Waals surface area contributed by atoms with Crippen LogP contribution in [0.25, 0.3) is 0 Å². The molecule has 2 heterocycles. The lowest BCUT2D eigenvalue weighted by Crippen LogP contribution is -2.45. The number of hydrogen-bond acceptors (Lipinski definition) is 4. The molecule has 5 nitrogen and oxygen atoms in total. The van der Waals surface area contributed by atoms with Gasteiger partial charge in [-0.3, -0.25) is 4.90 Å². The van der Waals surface area contributed by atoms with Crippen LogP contribution in [0, 0.1) is 0 Å². The van der Waals surface area contributed by atoms with Gasteiger partial charge in [0.15, 0.2) is 5.96 Å². The summed E-state index contributed by atoms with van der Waals surface area (Å²) in [5.41, 5.74) is 2.63. The Bertz CT molecular complexity index is 709. The molecule has 1 aliphatic heterocycles. The van der Waals surface area contributed by atoms with Crippen molar-refractivity contribution < 1.29 is 0 Å². The van der Waals surface area contributed by atoms with E-state index in [1.807, 2.05) is 0 Å². The van der Waals surface area contributed by atoms with E-state index in [9.17, 15) is 0 Å². The molecule has 1 aromatic carbocycles. The minimum Gasteiger partial charge on any atom is -0.357 e. The predicted molar refractivity (Wildman–Crippen MR) is 135 cm³/mol. The van der Waals surface area contributed by atoms with Crippen LogP contribution in [0.5, 0.6) is 0 Å². The second kappa shape index (κ2) is 13.2. The van der Waals surface area contributed by atoms with Gasteiger partial charge < -0.3 is 15.5 Å². The van der Waals surface area contributed by atoms with Crippen molar-refractivity contribution in [2.75, 3.05) is 39.3 Å². The highest BCUT2D eigenvalue weighted by Gasteiger charge is 2.15. The van der Waals surface area contributed by atoms with Crippen LogP contribution in [0.15, 0.2) is 46.8 Å². The van der Waals surface area contributed by atoms with Crippen molar-refractivity contribution in [2.24, 2.45) is 4.99 Å². The lowest BCUT2D eigenvalue weighted by Gasteiger charge is -2.34. The number of piperazine rings is 1. The van der Waals surface area contributed by atoms with Gasteiger partial charge in [0.1, 0.15) is 0 Å². The molecule has 29 heavy (non-hydrogen) atoms. The van der Waals surface area contributed by atoms with Crippen molar-refractivity contribution in [3.05, 3.63) is 57.8 Å². The summed E-state index contributed by atoms with van der Waals surface area (Å²) in [6.07, 6.45) is 0. The molecule has 1 fully saturated rings. The van der Waals surface area contributed by atoms with E-state index in [0.29, 0.717) is 6.54 Å². The smallest absolute Gasteiger partial charge is 0.191 e. The lowest BCUT2D eigenvalue weighted by molar-refractivity contribution is 0.132. The SMILES string of the molecule is CCNC(=NCc1ccc(CN2CCN(CC)CC2)cc1)NCc1cccs1.I. The molecule has 0 unspecified atom stereocenters. The number of benzene rings is 1. The molecule has 7 heteroatoms. The Kier molecular flexibility index (Phi) is 11.0. The second-order valence-electron chi connectivity index (χ2n) is 7.15. The average Bonchev–Trinajstić information content (AvgIpc) is 3.25. The topological polar surface area (TPSA) is 42.9 Å². The molecule has 1 aromatic heterocycles. The van der Waals surface area contributed by atoms with Crippen LogP contribution in [0.3, 0.4) is 0 Å². The van der Waals surface area contributed by atoms with Crippen LogP contribution in [0.4, 0.5) is 0 Å². The molecular formula is C22H34IN5S. The van der Waals surface area contributed by atoms with Gasteiger partial charge in [-0.25, -0.2) is 4.99 Å². The first kappa shape index (κ1) is 24.1. The monoisotopic (exact) mass is 527 g/mol. The van der Waals surface area contributed by atoms with E-state index in [1.165, 1.54) is 48.7 Å². The number of aliphatic imine (C=N–C) groups is 1. The quantitative estimate of drug-likeness (QED) is 0.312. The molecule has 2 N–H and O–H groups in total. The van der Waals surface area contributed by atoms with Gasteiger partial charge in [0.05, 0.1) is 13.1 Å². The summed E-state index contributed by atoms with van der Waals surface area (Å²) in [5, 5.41) is 8.83. The minimum absolute atomic E-state index is 0. The summed E-state index contributed by atoms with van der Waals surface area (Å²) in [7, 11) is 0. The summed E-state index contributed by atoms with van der Waals surface area (Å²) in [6, 6.07) is 13.2. The zero-order valence-electron chi connectivity index (χ0n) is 17.6. The maximum absolute atomic E-state index is 4.73. The Morgan fingerprint density at radius 1 is 0.966 bits per heavy atom. The standard InChI is InChI=1S/C22H33N5S.HI/c1-3-23-22(25-17-21-6-5-15-28-21)24-16-19-7-9-20(10-8-19)18-27-13-11-26(4-2)12-14-27;/h5-10,15H,3-4,11-14,16-18H2,1-2H3,(H2,23,24,25);1H. The Labute approximate surface area is 196 Å². The Hall–Kier alpha value is -1.16. The fourth-order valence-electron chi connectivity index (χ4n) is 3.37.